The maximum Gasteiger partial charge on any atom is 0.0184 e. The standard InChI is InChI=1S/C11H21N/c1-9(2)12-11-6-3-10(4-7-11)5-8-11/h9-10,12H,3-8H2,1-2H3. The SMILES string of the molecule is CC(C)NC12CCC(CC1)CC2. The molecule has 3 aliphatic carbocycles. The summed E-state index contributed by atoms with van der Waals surface area (Å²) in [5, 5.41) is 3.78. The highest BCUT2D eigenvalue weighted by molar-refractivity contribution is 4.98. The minimum atomic E-state index is 0.558. The molecule has 3 rings (SSSR count). The number of fused-ring (bicyclic) bond motifs is 3. The van der Waals surface area contributed by atoms with Crippen molar-refractivity contribution in [2.24, 2.45) is 5.92 Å². The second-order valence-electron chi connectivity index (χ2n) is 5.06. The Hall–Kier alpha value is -0.0400. The molecule has 0 aromatic heterocycles. The van der Waals surface area contributed by atoms with Crippen LogP contribution in [0.25, 0.3) is 0 Å². The highest BCUT2D eigenvalue weighted by atomic mass is 15.0. The fraction of sp³-hybridized carbons (Fsp3) is 1.00. The van der Waals surface area contributed by atoms with Gasteiger partial charge in [-0.2, -0.15) is 0 Å². The van der Waals surface area contributed by atoms with Gasteiger partial charge in [0, 0.05) is 11.6 Å². The molecule has 0 amide bonds. The first-order valence-corrected chi connectivity index (χ1v) is 5.48. The van der Waals surface area contributed by atoms with Gasteiger partial charge in [0.2, 0.25) is 0 Å². The van der Waals surface area contributed by atoms with Crippen LogP contribution in [0.1, 0.15) is 52.4 Å². The molecular weight excluding hydrogens is 146 g/mol. The molecule has 3 saturated carbocycles. The van der Waals surface area contributed by atoms with E-state index in [-0.39, 0.29) is 0 Å². The quantitative estimate of drug-likeness (QED) is 0.667. The third kappa shape index (κ3) is 1.52. The molecular formula is C11H21N. The second kappa shape index (κ2) is 3.02. The fourth-order valence-electron chi connectivity index (χ4n) is 3.08. The van der Waals surface area contributed by atoms with E-state index in [2.05, 4.69) is 19.2 Å². The van der Waals surface area contributed by atoms with E-state index in [1.165, 1.54) is 38.5 Å². The smallest absolute Gasteiger partial charge is 0.0184 e. The zero-order valence-electron chi connectivity index (χ0n) is 8.40. The Morgan fingerprint density at radius 1 is 1.08 bits per heavy atom. The van der Waals surface area contributed by atoms with Crippen LogP contribution in [0.4, 0.5) is 0 Å². The largest absolute Gasteiger partial charge is 0.309 e. The first-order chi connectivity index (χ1) is 5.70. The van der Waals surface area contributed by atoms with Crippen molar-refractivity contribution in [3.63, 3.8) is 0 Å². The molecule has 2 bridgehead atoms. The van der Waals surface area contributed by atoms with Crippen molar-refractivity contribution in [2.45, 2.75) is 64.0 Å². The van der Waals surface area contributed by atoms with E-state index in [9.17, 15) is 0 Å². The maximum atomic E-state index is 3.78. The topological polar surface area (TPSA) is 12.0 Å². The van der Waals surface area contributed by atoms with E-state index in [0.717, 1.165) is 5.92 Å². The molecule has 0 atom stereocenters. The first kappa shape index (κ1) is 8.55. The van der Waals surface area contributed by atoms with E-state index in [0.29, 0.717) is 11.6 Å². The maximum absolute atomic E-state index is 3.78. The third-order valence-corrected chi connectivity index (χ3v) is 3.69. The van der Waals surface area contributed by atoms with E-state index < -0.39 is 0 Å². The first-order valence-electron chi connectivity index (χ1n) is 5.48. The van der Waals surface area contributed by atoms with Crippen molar-refractivity contribution in [1.29, 1.82) is 0 Å². The molecule has 1 N–H and O–H groups in total. The zero-order chi connectivity index (χ0) is 8.60. The highest BCUT2D eigenvalue weighted by Crippen LogP contribution is 2.44. The molecule has 3 fully saturated rings. The van der Waals surface area contributed by atoms with Crippen LogP contribution in [0.5, 0.6) is 0 Å². The minimum absolute atomic E-state index is 0.558. The zero-order valence-corrected chi connectivity index (χ0v) is 8.40. The van der Waals surface area contributed by atoms with Gasteiger partial charge < -0.3 is 5.32 Å². The predicted octanol–water partition coefficient (Wildman–Crippen LogP) is 2.71. The molecule has 0 saturated heterocycles. The van der Waals surface area contributed by atoms with Crippen molar-refractivity contribution in [3.8, 4) is 0 Å². The predicted molar refractivity (Wildman–Crippen MR) is 52.2 cm³/mol. The van der Waals surface area contributed by atoms with Crippen molar-refractivity contribution in [2.75, 3.05) is 0 Å². The summed E-state index contributed by atoms with van der Waals surface area (Å²) < 4.78 is 0. The van der Waals surface area contributed by atoms with Crippen LogP contribution >= 0.6 is 0 Å². The molecule has 1 heteroatoms. The number of hydrogen-bond acceptors (Lipinski definition) is 1. The lowest BCUT2D eigenvalue weighted by atomic mass is 9.65. The summed E-state index contributed by atoms with van der Waals surface area (Å²) in [6, 6.07) is 0.666. The van der Waals surface area contributed by atoms with Gasteiger partial charge in [0.05, 0.1) is 0 Å². The summed E-state index contributed by atoms with van der Waals surface area (Å²) in [4.78, 5) is 0. The third-order valence-electron chi connectivity index (χ3n) is 3.69. The highest BCUT2D eigenvalue weighted by Gasteiger charge is 2.40. The van der Waals surface area contributed by atoms with Crippen LogP contribution in [-0.2, 0) is 0 Å². The van der Waals surface area contributed by atoms with E-state index in [4.69, 9.17) is 0 Å². The van der Waals surface area contributed by atoms with Crippen molar-refractivity contribution >= 4 is 0 Å². The van der Waals surface area contributed by atoms with Gasteiger partial charge in [0.25, 0.3) is 0 Å². The summed E-state index contributed by atoms with van der Waals surface area (Å²) in [6.45, 7) is 4.55. The summed E-state index contributed by atoms with van der Waals surface area (Å²) in [7, 11) is 0. The molecule has 70 valence electrons. The lowest BCUT2D eigenvalue weighted by Gasteiger charge is -2.48. The van der Waals surface area contributed by atoms with Crippen molar-refractivity contribution in [1.82, 2.24) is 5.32 Å². The average Bonchev–Trinajstić information content (AvgIpc) is 2.05. The van der Waals surface area contributed by atoms with Crippen molar-refractivity contribution in [3.05, 3.63) is 0 Å². The second-order valence-corrected chi connectivity index (χ2v) is 5.06. The van der Waals surface area contributed by atoms with E-state index >= 15 is 0 Å². The Bertz CT molecular complexity index is 141. The molecule has 0 aromatic rings. The molecule has 0 radical (unpaired) electrons. The minimum Gasteiger partial charge on any atom is -0.309 e. The molecule has 0 heterocycles. The van der Waals surface area contributed by atoms with Gasteiger partial charge in [0.1, 0.15) is 0 Å². The summed E-state index contributed by atoms with van der Waals surface area (Å²) >= 11 is 0. The fourth-order valence-corrected chi connectivity index (χ4v) is 3.08. The number of rotatable bonds is 2. The Morgan fingerprint density at radius 3 is 2.00 bits per heavy atom. The molecule has 0 unspecified atom stereocenters. The van der Waals surface area contributed by atoms with Crippen LogP contribution in [0.3, 0.4) is 0 Å². The van der Waals surface area contributed by atoms with Crippen LogP contribution in [0.15, 0.2) is 0 Å². The molecule has 0 aliphatic heterocycles. The molecule has 0 spiro atoms. The normalized spacial score (nSPS) is 40.8. The van der Waals surface area contributed by atoms with Gasteiger partial charge in [-0.25, -0.2) is 0 Å². The Balaban J connectivity index is 1.99. The monoisotopic (exact) mass is 167 g/mol. The Kier molecular flexibility index (Phi) is 2.16. The van der Waals surface area contributed by atoms with Gasteiger partial charge in [-0.3, -0.25) is 0 Å². The average molecular weight is 167 g/mol. The van der Waals surface area contributed by atoms with Gasteiger partial charge >= 0.3 is 0 Å². The van der Waals surface area contributed by atoms with E-state index in [1.54, 1.807) is 0 Å². The van der Waals surface area contributed by atoms with Crippen LogP contribution in [0, 0.1) is 5.92 Å². The van der Waals surface area contributed by atoms with Gasteiger partial charge in [-0.15, -0.1) is 0 Å². The summed E-state index contributed by atoms with van der Waals surface area (Å²) in [5.41, 5.74) is 0.558. The van der Waals surface area contributed by atoms with Crippen molar-refractivity contribution < 1.29 is 0 Å². The van der Waals surface area contributed by atoms with Crippen LogP contribution in [-0.4, -0.2) is 11.6 Å². The molecule has 0 aromatic carbocycles. The van der Waals surface area contributed by atoms with Crippen LogP contribution < -0.4 is 5.32 Å². The van der Waals surface area contributed by atoms with Gasteiger partial charge in [-0.1, -0.05) is 13.8 Å². The summed E-state index contributed by atoms with van der Waals surface area (Å²) in [5.74, 6) is 1.08. The van der Waals surface area contributed by atoms with Gasteiger partial charge in [0.15, 0.2) is 0 Å². The number of nitrogens with one attached hydrogen (secondary N) is 1. The molecule has 12 heavy (non-hydrogen) atoms. The Labute approximate surface area is 75.9 Å². The lowest BCUT2D eigenvalue weighted by molar-refractivity contribution is 0.0976. The Morgan fingerprint density at radius 2 is 1.58 bits per heavy atom. The summed E-state index contributed by atoms with van der Waals surface area (Å²) in [6.07, 6.45) is 8.78. The lowest BCUT2D eigenvalue weighted by Crippen LogP contribution is -2.53. The number of hydrogen-bond donors (Lipinski definition) is 1. The van der Waals surface area contributed by atoms with Gasteiger partial charge in [-0.05, 0) is 44.4 Å². The molecule has 1 nitrogen and oxygen atoms in total. The van der Waals surface area contributed by atoms with Crippen LogP contribution in [0.2, 0.25) is 0 Å². The molecule has 3 aliphatic rings. The van der Waals surface area contributed by atoms with E-state index in [1.807, 2.05) is 0 Å².